The van der Waals surface area contributed by atoms with Crippen LogP contribution in [0.3, 0.4) is 0 Å². The van der Waals surface area contributed by atoms with Crippen molar-refractivity contribution in [1.82, 2.24) is 19.7 Å². The first kappa shape index (κ1) is 15.0. The van der Waals surface area contributed by atoms with Gasteiger partial charge in [-0.3, -0.25) is 4.68 Å². The van der Waals surface area contributed by atoms with Crippen LogP contribution >= 0.6 is 0 Å². The van der Waals surface area contributed by atoms with Crippen molar-refractivity contribution in [3.05, 3.63) is 34.9 Å². The lowest BCUT2D eigenvalue weighted by Gasteiger charge is -2.25. The van der Waals surface area contributed by atoms with Crippen molar-refractivity contribution < 1.29 is 4.74 Å². The molecule has 1 aliphatic carbocycles. The molecule has 3 rings (SSSR count). The minimum Gasteiger partial charge on any atom is -0.383 e. The molecule has 6 heteroatoms. The third-order valence-corrected chi connectivity index (χ3v) is 4.26. The largest absolute Gasteiger partial charge is 0.383 e. The SMILES string of the molecule is COCCn1ncc2c1C(Nc1ncc(C)c(C)n1)CCC2. The molecule has 1 atom stereocenters. The Labute approximate surface area is 130 Å². The number of fused-ring (bicyclic) bond motifs is 1. The highest BCUT2D eigenvalue weighted by atomic mass is 16.5. The Kier molecular flexibility index (Phi) is 4.38. The van der Waals surface area contributed by atoms with Crippen LogP contribution in [-0.2, 0) is 17.7 Å². The maximum Gasteiger partial charge on any atom is 0.223 e. The third-order valence-electron chi connectivity index (χ3n) is 4.26. The first-order valence-electron chi connectivity index (χ1n) is 7.79. The number of anilines is 1. The van der Waals surface area contributed by atoms with Gasteiger partial charge in [0.2, 0.25) is 5.95 Å². The summed E-state index contributed by atoms with van der Waals surface area (Å²) in [5.74, 6) is 0.695. The maximum absolute atomic E-state index is 5.18. The van der Waals surface area contributed by atoms with Gasteiger partial charge in [0.05, 0.1) is 31.1 Å². The standard InChI is InChI=1S/C16H23N5O/c1-11-9-17-16(19-12(11)2)20-14-6-4-5-13-10-18-21(15(13)14)7-8-22-3/h9-10,14H,4-8H2,1-3H3,(H,17,19,20). The van der Waals surface area contributed by atoms with E-state index in [4.69, 9.17) is 4.74 Å². The number of nitrogens with one attached hydrogen (secondary N) is 1. The van der Waals surface area contributed by atoms with Crippen LogP contribution in [0.15, 0.2) is 12.4 Å². The van der Waals surface area contributed by atoms with Crippen LogP contribution in [0.1, 0.15) is 41.4 Å². The van der Waals surface area contributed by atoms with E-state index in [9.17, 15) is 0 Å². The zero-order chi connectivity index (χ0) is 15.5. The van der Waals surface area contributed by atoms with Crippen LogP contribution in [0.2, 0.25) is 0 Å². The van der Waals surface area contributed by atoms with Gasteiger partial charge in [-0.25, -0.2) is 9.97 Å². The summed E-state index contributed by atoms with van der Waals surface area (Å²) in [5, 5.41) is 8.00. The Hall–Kier alpha value is -1.95. The van der Waals surface area contributed by atoms with Crippen LogP contribution in [-0.4, -0.2) is 33.5 Å². The van der Waals surface area contributed by atoms with Crippen LogP contribution in [0, 0.1) is 13.8 Å². The van der Waals surface area contributed by atoms with E-state index >= 15 is 0 Å². The summed E-state index contributed by atoms with van der Waals surface area (Å²) in [7, 11) is 1.72. The number of aromatic nitrogens is 4. The van der Waals surface area contributed by atoms with Crippen LogP contribution < -0.4 is 5.32 Å². The second kappa shape index (κ2) is 6.44. The molecule has 2 heterocycles. The van der Waals surface area contributed by atoms with Gasteiger partial charge in [-0.15, -0.1) is 0 Å². The first-order valence-corrected chi connectivity index (χ1v) is 7.79. The quantitative estimate of drug-likeness (QED) is 0.919. The van der Waals surface area contributed by atoms with E-state index in [2.05, 4.69) is 25.1 Å². The number of hydrogen-bond acceptors (Lipinski definition) is 5. The van der Waals surface area contributed by atoms with Gasteiger partial charge in [0, 0.05) is 19.0 Å². The predicted molar refractivity (Wildman–Crippen MR) is 84.9 cm³/mol. The number of rotatable bonds is 5. The molecule has 2 aromatic rings. The second-order valence-corrected chi connectivity index (χ2v) is 5.82. The summed E-state index contributed by atoms with van der Waals surface area (Å²) in [6, 6.07) is 0.213. The second-order valence-electron chi connectivity index (χ2n) is 5.82. The lowest BCUT2D eigenvalue weighted by Crippen LogP contribution is -2.23. The Morgan fingerprint density at radius 1 is 1.36 bits per heavy atom. The lowest BCUT2D eigenvalue weighted by atomic mass is 9.93. The van der Waals surface area contributed by atoms with E-state index in [1.807, 2.05) is 26.2 Å². The Morgan fingerprint density at radius 3 is 3.00 bits per heavy atom. The molecule has 0 aromatic carbocycles. The average Bonchev–Trinajstić information content (AvgIpc) is 2.93. The highest BCUT2D eigenvalue weighted by Gasteiger charge is 2.25. The topological polar surface area (TPSA) is 64.9 Å². The molecule has 22 heavy (non-hydrogen) atoms. The maximum atomic E-state index is 5.18. The smallest absolute Gasteiger partial charge is 0.223 e. The van der Waals surface area contributed by atoms with E-state index in [0.717, 1.165) is 37.1 Å². The van der Waals surface area contributed by atoms with Crippen molar-refractivity contribution in [3.8, 4) is 0 Å². The van der Waals surface area contributed by atoms with Gasteiger partial charge in [0.1, 0.15) is 0 Å². The van der Waals surface area contributed by atoms with Gasteiger partial charge in [-0.1, -0.05) is 0 Å². The Bertz CT molecular complexity index is 652. The summed E-state index contributed by atoms with van der Waals surface area (Å²) in [6.07, 6.45) is 7.18. The number of aryl methyl sites for hydroxylation is 3. The molecule has 1 N–H and O–H groups in total. The summed E-state index contributed by atoms with van der Waals surface area (Å²) >= 11 is 0. The summed E-state index contributed by atoms with van der Waals surface area (Å²) < 4.78 is 7.23. The van der Waals surface area contributed by atoms with Crippen molar-refractivity contribution in [2.45, 2.75) is 45.7 Å². The lowest BCUT2D eigenvalue weighted by molar-refractivity contribution is 0.182. The number of nitrogens with zero attached hydrogens (tertiary/aromatic N) is 4. The first-order chi connectivity index (χ1) is 10.7. The molecule has 6 nitrogen and oxygen atoms in total. The van der Waals surface area contributed by atoms with Crippen LogP contribution in [0.25, 0.3) is 0 Å². The van der Waals surface area contributed by atoms with Crippen molar-refractivity contribution >= 4 is 5.95 Å². The fraction of sp³-hybridized carbons (Fsp3) is 0.562. The average molecular weight is 301 g/mol. The summed E-state index contributed by atoms with van der Waals surface area (Å²) in [6.45, 7) is 5.48. The molecule has 1 unspecified atom stereocenters. The molecule has 1 aliphatic rings. The summed E-state index contributed by atoms with van der Waals surface area (Å²) in [5.41, 5.74) is 4.70. The molecule has 0 saturated carbocycles. The number of ether oxygens (including phenoxy) is 1. The fourth-order valence-corrected chi connectivity index (χ4v) is 2.91. The Morgan fingerprint density at radius 2 is 2.23 bits per heavy atom. The molecule has 0 saturated heterocycles. The minimum absolute atomic E-state index is 0.213. The van der Waals surface area contributed by atoms with E-state index < -0.39 is 0 Å². The third kappa shape index (κ3) is 2.97. The normalized spacial score (nSPS) is 17.3. The molecule has 0 fully saturated rings. The Balaban J connectivity index is 1.84. The van der Waals surface area contributed by atoms with Crippen molar-refractivity contribution in [2.75, 3.05) is 19.0 Å². The number of hydrogen-bond donors (Lipinski definition) is 1. The molecular formula is C16H23N5O. The molecule has 0 spiro atoms. The van der Waals surface area contributed by atoms with Gasteiger partial charge < -0.3 is 10.1 Å². The highest BCUT2D eigenvalue weighted by molar-refractivity contribution is 5.35. The van der Waals surface area contributed by atoms with E-state index in [1.54, 1.807) is 7.11 Å². The van der Waals surface area contributed by atoms with Crippen molar-refractivity contribution in [2.24, 2.45) is 0 Å². The van der Waals surface area contributed by atoms with Crippen molar-refractivity contribution in [3.63, 3.8) is 0 Å². The molecule has 2 aromatic heterocycles. The molecule has 0 bridgehead atoms. The van der Waals surface area contributed by atoms with E-state index in [-0.39, 0.29) is 6.04 Å². The number of methoxy groups -OCH3 is 1. The van der Waals surface area contributed by atoms with E-state index in [1.165, 1.54) is 11.3 Å². The zero-order valence-electron chi connectivity index (χ0n) is 13.5. The van der Waals surface area contributed by atoms with Gasteiger partial charge in [0.15, 0.2) is 0 Å². The van der Waals surface area contributed by atoms with Crippen LogP contribution in [0.5, 0.6) is 0 Å². The van der Waals surface area contributed by atoms with Gasteiger partial charge >= 0.3 is 0 Å². The summed E-state index contributed by atoms with van der Waals surface area (Å²) in [4.78, 5) is 8.95. The van der Waals surface area contributed by atoms with E-state index in [0.29, 0.717) is 12.6 Å². The van der Waals surface area contributed by atoms with Gasteiger partial charge in [-0.05, 0) is 44.2 Å². The molecule has 0 radical (unpaired) electrons. The predicted octanol–water partition coefficient (Wildman–Crippen LogP) is 2.43. The molecule has 0 amide bonds. The monoisotopic (exact) mass is 301 g/mol. The van der Waals surface area contributed by atoms with Crippen molar-refractivity contribution in [1.29, 1.82) is 0 Å². The molecule has 0 aliphatic heterocycles. The molecule has 118 valence electrons. The highest BCUT2D eigenvalue weighted by Crippen LogP contribution is 2.31. The van der Waals surface area contributed by atoms with Gasteiger partial charge in [0.25, 0.3) is 0 Å². The van der Waals surface area contributed by atoms with Crippen LogP contribution in [0.4, 0.5) is 5.95 Å². The van der Waals surface area contributed by atoms with Gasteiger partial charge in [-0.2, -0.15) is 5.10 Å². The zero-order valence-corrected chi connectivity index (χ0v) is 13.5. The fourth-order valence-electron chi connectivity index (χ4n) is 2.91. The minimum atomic E-state index is 0.213. The molecular weight excluding hydrogens is 278 g/mol.